The third-order valence-electron chi connectivity index (χ3n) is 6.12. The monoisotopic (exact) mass is 340 g/mol. The van der Waals surface area contributed by atoms with Crippen LogP contribution in [0.25, 0.3) is 0 Å². The molecule has 1 heterocycles. The number of azo groups is 1. The van der Waals surface area contributed by atoms with Crippen molar-refractivity contribution in [1.29, 1.82) is 0 Å². The number of allylic oxidation sites excluding steroid dienone is 1. The molecule has 128 valence electrons. The summed E-state index contributed by atoms with van der Waals surface area (Å²) in [4.78, 5) is 0. The molecule has 3 aliphatic rings. The Labute approximate surface area is 146 Å². The van der Waals surface area contributed by atoms with Crippen LogP contribution in [0, 0.1) is 11.3 Å². The SMILES string of the molecule is C=CC[C@]12Cc3ccccc3C[C@@]1(O[Si](C)(C)C)[C@@H]1N=NC[C@@H]1C2. The number of nitrogens with zero attached hydrogens (tertiary/aromatic N) is 2. The van der Waals surface area contributed by atoms with Crippen LogP contribution in [0.4, 0.5) is 0 Å². The third kappa shape index (κ3) is 2.26. The van der Waals surface area contributed by atoms with Crippen molar-refractivity contribution in [1.82, 2.24) is 0 Å². The molecule has 4 rings (SSSR count). The van der Waals surface area contributed by atoms with Gasteiger partial charge in [0.25, 0.3) is 0 Å². The first kappa shape index (κ1) is 16.2. The minimum atomic E-state index is -1.73. The van der Waals surface area contributed by atoms with Crippen LogP contribution < -0.4 is 0 Å². The van der Waals surface area contributed by atoms with Crippen LogP contribution in [0.3, 0.4) is 0 Å². The number of fused-ring (bicyclic) bond motifs is 4. The summed E-state index contributed by atoms with van der Waals surface area (Å²) < 4.78 is 7.05. The molecule has 2 aliphatic carbocycles. The summed E-state index contributed by atoms with van der Waals surface area (Å²) in [5.41, 5.74) is 2.85. The highest BCUT2D eigenvalue weighted by Gasteiger charge is 2.67. The second kappa shape index (κ2) is 5.37. The van der Waals surface area contributed by atoms with E-state index in [-0.39, 0.29) is 17.1 Å². The molecule has 0 N–H and O–H groups in total. The van der Waals surface area contributed by atoms with Gasteiger partial charge >= 0.3 is 0 Å². The molecule has 1 aliphatic heterocycles. The van der Waals surface area contributed by atoms with Gasteiger partial charge in [0.15, 0.2) is 8.32 Å². The third-order valence-corrected chi connectivity index (χ3v) is 7.10. The Morgan fingerprint density at radius 3 is 2.62 bits per heavy atom. The van der Waals surface area contributed by atoms with Crippen molar-refractivity contribution >= 4 is 8.32 Å². The van der Waals surface area contributed by atoms with E-state index in [1.807, 2.05) is 0 Å². The number of hydrogen-bond donors (Lipinski definition) is 0. The molecule has 1 fully saturated rings. The van der Waals surface area contributed by atoms with Crippen LogP contribution in [0.5, 0.6) is 0 Å². The molecule has 24 heavy (non-hydrogen) atoms. The zero-order valence-electron chi connectivity index (χ0n) is 15.1. The summed E-state index contributed by atoms with van der Waals surface area (Å²) >= 11 is 0. The molecule has 1 aromatic carbocycles. The molecule has 1 aromatic rings. The normalized spacial score (nSPS) is 37.0. The standard InChI is InChI=1S/C20H28N2OSi/c1-5-10-19-11-15-8-6-7-9-16(15)13-20(19,23-24(2,3)4)18-17(12-19)14-21-22-18/h5-9,17-18H,1,10-14H2,2-4H3/t17-,18+,19+,20+/m0/s1. The maximum Gasteiger partial charge on any atom is 0.184 e. The molecule has 3 nitrogen and oxygen atoms in total. The van der Waals surface area contributed by atoms with E-state index in [9.17, 15) is 0 Å². The van der Waals surface area contributed by atoms with Gasteiger partial charge in [0.05, 0.1) is 12.1 Å². The average Bonchev–Trinajstić information content (AvgIpc) is 3.03. The van der Waals surface area contributed by atoms with Crippen LogP contribution in [-0.2, 0) is 17.3 Å². The minimum absolute atomic E-state index is 0.123. The number of benzene rings is 1. The predicted octanol–water partition coefficient (Wildman–Crippen LogP) is 4.79. The fraction of sp³-hybridized carbons (Fsp3) is 0.600. The van der Waals surface area contributed by atoms with Crippen molar-refractivity contribution in [3.63, 3.8) is 0 Å². The van der Waals surface area contributed by atoms with Gasteiger partial charge in [-0.25, -0.2) is 0 Å². The van der Waals surface area contributed by atoms with E-state index in [0.717, 1.165) is 32.2 Å². The molecule has 0 amide bonds. The fourth-order valence-electron chi connectivity index (χ4n) is 5.49. The first-order valence-corrected chi connectivity index (χ1v) is 12.5. The molecule has 0 aromatic heterocycles. The zero-order chi connectivity index (χ0) is 17.0. The lowest BCUT2D eigenvalue weighted by Crippen LogP contribution is -2.60. The highest BCUT2D eigenvalue weighted by Crippen LogP contribution is 2.62. The molecule has 0 saturated heterocycles. The van der Waals surface area contributed by atoms with Crippen molar-refractivity contribution in [3.8, 4) is 0 Å². The van der Waals surface area contributed by atoms with E-state index in [2.05, 4.69) is 61.7 Å². The van der Waals surface area contributed by atoms with Gasteiger partial charge in [-0.15, -0.1) is 6.58 Å². The molecule has 4 heteroatoms. The Bertz CT molecular complexity index is 695. The van der Waals surface area contributed by atoms with Crippen LogP contribution in [0.1, 0.15) is 24.0 Å². The van der Waals surface area contributed by atoms with Crippen LogP contribution >= 0.6 is 0 Å². The minimum Gasteiger partial charge on any atom is -0.409 e. The predicted molar refractivity (Wildman–Crippen MR) is 99.9 cm³/mol. The summed E-state index contributed by atoms with van der Waals surface area (Å²) in [6.07, 6.45) is 6.34. The van der Waals surface area contributed by atoms with Gasteiger partial charge in [-0.05, 0) is 50.0 Å². The van der Waals surface area contributed by atoms with Gasteiger partial charge in [-0.3, -0.25) is 0 Å². The Balaban J connectivity index is 1.89. The summed E-state index contributed by atoms with van der Waals surface area (Å²) in [7, 11) is -1.73. The summed E-state index contributed by atoms with van der Waals surface area (Å²) in [5, 5.41) is 9.14. The van der Waals surface area contributed by atoms with Gasteiger partial charge in [0.2, 0.25) is 0 Å². The number of rotatable bonds is 4. The molecule has 1 saturated carbocycles. The lowest BCUT2D eigenvalue weighted by molar-refractivity contribution is -0.0612. The smallest absolute Gasteiger partial charge is 0.184 e. The average molecular weight is 341 g/mol. The molecular weight excluding hydrogens is 312 g/mol. The number of hydrogen-bond acceptors (Lipinski definition) is 3. The van der Waals surface area contributed by atoms with E-state index >= 15 is 0 Å². The van der Waals surface area contributed by atoms with Gasteiger partial charge in [-0.2, -0.15) is 10.2 Å². The largest absolute Gasteiger partial charge is 0.409 e. The molecule has 4 atom stereocenters. The van der Waals surface area contributed by atoms with Crippen molar-refractivity contribution < 1.29 is 4.43 Å². The highest BCUT2D eigenvalue weighted by molar-refractivity contribution is 6.69. The van der Waals surface area contributed by atoms with Crippen molar-refractivity contribution in [3.05, 3.63) is 48.0 Å². The van der Waals surface area contributed by atoms with E-state index in [1.165, 1.54) is 11.1 Å². The lowest BCUT2D eigenvalue weighted by atomic mass is 9.61. The van der Waals surface area contributed by atoms with Crippen LogP contribution in [-0.4, -0.2) is 26.5 Å². The maximum absolute atomic E-state index is 7.05. The van der Waals surface area contributed by atoms with Gasteiger partial charge < -0.3 is 4.43 Å². The summed E-state index contributed by atoms with van der Waals surface area (Å²) in [6.45, 7) is 11.9. The lowest BCUT2D eigenvalue weighted by Gasteiger charge is -2.53. The van der Waals surface area contributed by atoms with E-state index < -0.39 is 8.32 Å². The first-order valence-electron chi connectivity index (χ1n) is 9.14. The van der Waals surface area contributed by atoms with Gasteiger partial charge in [0.1, 0.15) is 6.04 Å². The molecular formula is C20H28N2OSi. The van der Waals surface area contributed by atoms with Gasteiger partial charge in [0, 0.05) is 17.8 Å². The molecule has 0 bridgehead atoms. The maximum atomic E-state index is 7.05. The van der Waals surface area contributed by atoms with Gasteiger partial charge in [-0.1, -0.05) is 30.3 Å². The zero-order valence-corrected chi connectivity index (χ0v) is 16.1. The van der Waals surface area contributed by atoms with Crippen LogP contribution in [0.2, 0.25) is 19.6 Å². The second-order valence-corrected chi connectivity index (χ2v) is 13.3. The van der Waals surface area contributed by atoms with Crippen molar-refractivity contribution in [2.75, 3.05) is 6.54 Å². The topological polar surface area (TPSA) is 34.0 Å². The molecule has 0 unspecified atom stereocenters. The quantitative estimate of drug-likeness (QED) is 0.573. The van der Waals surface area contributed by atoms with Crippen LogP contribution in [0.15, 0.2) is 47.1 Å². The fourth-order valence-corrected chi connectivity index (χ4v) is 6.99. The van der Waals surface area contributed by atoms with Crippen molar-refractivity contribution in [2.45, 2.75) is 57.0 Å². The Morgan fingerprint density at radius 2 is 1.96 bits per heavy atom. The van der Waals surface area contributed by atoms with E-state index in [0.29, 0.717) is 5.92 Å². The Kier molecular flexibility index (Phi) is 3.63. The summed E-state index contributed by atoms with van der Waals surface area (Å²) in [5.74, 6) is 0.538. The highest BCUT2D eigenvalue weighted by atomic mass is 28.4. The van der Waals surface area contributed by atoms with Crippen molar-refractivity contribution in [2.24, 2.45) is 21.6 Å². The first-order chi connectivity index (χ1) is 11.4. The van der Waals surface area contributed by atoms with E-state index in [4.69, 9.17) is 9.54 Å². The molecule has 0 radical (unpaired) electrons. The Morgan fingerprint density at radius 1 is 1.25 bits per heavy atom. The second-order valence-electron chi connectivity index (χ2n) is 8.85. The molecule has 0 spiro atoms. The van der Waals surface area contributed by atoms with E-state index in [1.54, 1.807) is 0 Å². The Hall–Kier alpha value is -1.26. The summed E-state index contributed by atoms with van der Waals surface area (Å²) in [6, 6.07) is 9.13.